The summed E-state index contributed by atoms with van der Waals surface area (Å²) < 4.78 is 5.47. The second-order valence-electron chi connectivity index (χ2n) is 11.6. The van der Waals surface area contributed by atoms with Crippen LogP contribution in [0.15, 0.2) is 48.5 Å². The van der Waals surface area contributed by atoms with E-state index in [1.807, 2.05) is 6.92 Å². The highest BCUT2D eigenvalue weighted by Crippen LogP contribution is 2.41. The number of phenolic OH excluding ortho intramolecular Hbond substituents is 2. The van der Waals surface area contributed by atoms with Gasteiger partial charge in [0.1, 0.15) is 29.2 Å². The number of carbonyl (C=O) groups is 3. The average Bonchev–Trinajstić information content (AvgIpc) is 3.60. The molecule has 9 heteroatoms. The fraction of sp³-hybridized carbons (Fsp3) is 0.516. The smallest absolute Gasteiger partial charge is 0.408 e. The number of hydrogen-bond acceptors (Lipinski definition) is 6. The number of benzene rings is 2. The SMILES string of the molecule is CCCCCNC(=O)C(c1ccc(O)cc1)N(C(=O)C(Cc1ccc(O)cc1)NC(=O)OC(C)(C)C)C1CC1C. The van der Waals surface area contributed by atoms with E-state index < -0.39 is 29.7 Å². The summed E-state index contributed by atoms with van der Waals surface area (Å²) in [5, 5.41) is 25.4. The first-order chi connectivity index (χ1) is 18.9. The van der Waals surface area contributed by atoms with E-state index in [0.717, 1.165) is 31.2 Å². The number of amides is 3. The molecule has 0 saturated heterocycles. The molecule has 0 radical (unpaired) electrons. The number of phenols is 2. The minimum Gasteiger partial charge on any atom is -0.508 e. The minimum absolute atomic E-state index is 0.0559. The van der Waals surface area contributed by atoms with E-state index in [0.29, 0.717) is 12.1 Å². The van der Waals surface area contributed by atoms with Gasteiger partial charge in [0.05, 0.1) is 0 Å². The molecule has 1 fully saturated rings. The van der Waals surface area contributed by atoms with Crippen molar-refractivity contribution in [1.82, 2.24) is 15.5 Å². The van der Waals surface area contributed by atoms with Gasteiger partial charge in [0, 0.05) is 19.0 Å². The molecule has 1 saturated carbocycles. The second kappa shape index (κ2) is 13.5. The lowest BCUT2D eigenvalue weighted by Gasteiger charge is -2.35. The molecular weight excluding hydrogens is 510 g/mol. The minimum atomic E-state index is -1.03. The molecule has 2 aromatic rings. The zero-order valence-electron chi connectivity index (χ0n) is 24.1. The number of rotatable bonds is 12. The van der Waals surface area contributed by atoms with Crippen LogP contribution in [-0.4, -0.2) is 57.3 Å². The van der Waals surface area contributed by atoms with Crippen molar-refractivity contribution in [3.63, 3.8) is 0 Å². The molecule has 4 unspecified atom stereocenters. The van der Waals surface area contributed by atoms with Crippen molar-refractivity contribution < 1.29 is 29.3 Å². The molecule has 0 heterocycles. The Labute approximate surface area is 236 Å². The monoisotopic (exact) mass is 553 g/mol. The van der Waals surface area contributed by atoms with Gasteiger partial charge < -0.3 is 30.5 Å². The summed E-state index contributed by atoms with van der Waals surface area (Å²) in [7, 11) is 0. The molecule has 218 valence electrons. The van der Waals surface area contributed by atoms with Crippen LogP contribution in [0, 0.1) is 5.92 Å². The topological polar surface area (TPSA) is 128 Å². The molecule has 0 aromatic heterocycles. The van der Waals surface area contributed by atoms with Gasteiger partial charge in [-0.3, -0.25) is 9.59 Å². The number of aromatic hydroxyl groups is 2. The summed E-state index contributed by atoms with van der Waals surface area (Å²) in [6.07, 6.45) is 2.93. The highest BCUT2D eigenvalue weighted by Gasteiger charge is 2.48. The standard InChI is InChI=1S/C31H43N3O6/c1-6-7-8-17-32-28(37)27(22-11-15-24(36)16-12-22)34(26-18-20(26)2)29(38)25(33-30(39)40-31(3,4)5)19-21-9-13-23(35)14-10-21/h9-16,20,25-27,35-36H,6-8,17-19H2,1-5H3,(H,32,37)(H,33,39). The number of carbonyl (C=O) groups excluding carboxylic acids is 3. The quantitative estimate of drug-likeness (QED) is 0.279. The second-order valence-corrected chi connectivity index (χ2v) is 11.6. The molecule has 0 aliphatic heterocycles. The summed E-state index contributed by atoms with van der Waals surface area (Å²) in [6, 6.07) is 10.5. The van der Waals surface area contributed by atoms with Gasteiger partial charge in [-0.15, -0.1) is 0 Å². The Bertz CT molecular complexity index is 1140. The molecule has 40 heavy (non-hydrogen) atoms. The maximum atomic E-state index is 14.4. The first-order valence-electron chi connectivity index (χ1n) is 14.1. The van der Waals surface area contributed by atoms with Gasteiger partial charge in [0.15, 0.2) is 0 Å². The summed E-state index contributed by atoms with van der Waals surface area (Å²) in [6.45, 7) is 9.81. The summed E-state index contributed by atoms with van der Waals surface area (Å²) >= 11 is 0. The summed E-state index contributed by atoms with van der Waals surface area (Å²) in [5.74, 6) is -0.398. The Morgan fingerprint density at radius 1 is 1.00 bits per heavy atom. The molecule has 3 rings (SSSR count). The van der Waals surface area contributed by atoms with Crippen LogP contribution in [0.3, 0.4) is 0 Å². The van der Waals surface area contributed by atoms with Crippen molar-refractivity contribution in [3.8, 4) is 11.5 Å². The van der Waals surface area contributed by atoms with Crippen LogP contribution in [0.25, 0.3) is 0 Å². The third-order valence-corrected chi connectivity index (χ3v) is 6.86. The van der Waals surface area contributed by atoms with Gasteiger partial charge in [-0.05, 0) is 74.9 Å². The maximum Gasteiger partial charge on any atom is 0.408 e. The van der Waals surface area contributed by atoms with Gasteiger partial charge in [0.25, 0.3) is 0 Å². The van der Waals surface area contributed by atoms with E-state index in [1.165, 1.54) is 24.3 Å². The van der Waals surface area contributed by atoms with Crippen LogP contribution < -0.4 is 10.6 Å². The van der Waals surface area contributed by atoms with Gasteiger partial charge >= 0.3 is 6.09 Å². The Morgan fingerprint density at radius 2 is 1.57 bits per heavy atom. The van der Waals surface area contributed by atoms with Crippen LogP contribution >= 0.6 is 0 Å². The van der Waals surface area contributed by atoms with E-state index in [9.17, 15) is 24.6 Å². The fourth-order valence-electron chi connectivity index (χ4n) is 4.65. The van der Waals surface area contributed by atoms with Gasteiger partial charge in [0.2, 0.25) is 11.8 Å². The van der Waals surface area contributed by atoms with Crippen molar-refractivity contribution in [1.29, 1.82) is 0 Å². The first kappa shape index (κ1) is 30.8. The van der Waals surface area contributed by atoms with Gasteiger partial charge in [-0.1, -0.05) is 51.0 Å². The third kappa shape index (κ3) is 8.89. The Kier molecular flexibility index (Phi) is 10.4. The Balaban J connectivity index is 1.99. The van der Waals surface area contributed by atoms with E-state index in [2.05, 4.69) is 17.6 Å². The van der Waals surface area contributed by atoms with Crippen LogP contribution in [0.1, 0.15) is 77.5 Å². The Morgan fingerprint density at radius 3 is 2.10 bits per heavy atom. The number of hydrogen-bond donors (Lipinski definition) is 4. The van der Waals surface area contributed by atoms with E-state index >= 15 is 0 Å². The van der Waals surface area contributed by atoms with Gasteiger partial charge in [-0.25, -0.2) is 4.79 Å². The van der Waals surface area contributed by atoms with Crippen molar-refractivity contribution in [2.24, 2.45) is 5.92 Å². The van der Waals surface area contributed by atoms with E-state index in [4.69, 9.17) is 4.74 Å². The highest BCUT2D eigenvalue weighted by atomic mass is 16.6. The lowest BCUT2D eigenvalue weighted by molar-refractivity contribution is -0.143. The van der Waals surface area contributed by atoms with E-state index in [1.54, 1.807) is 49.9 Å². The zero-order valence-corrected chi connectivity index (χ0v) is 24.1. The number of unbranched alkanes of at least 4 members (excludes halogenated alkanes) is 2. The van der Waals surface area contributed by atoms with Crippen molar-refractivity contribution in [3.05, 3.63) is 59.7 Å². The zero-order chi connectivity index (χ0) is 29.4. The third-order valence-electron chi connectivity index (χ3n) is 6.86. The fourth-order valence-corrected chi connectivity index (χ4v) is 4.65. The predicted molar refractivity (Wildman–Crippen MR) is 153 cm³/mol. The largest absolute Gasteiger partial charge is 0.508 e. The first-order valence-corrected chi connectivity index (χ1v) is 14.1. The number of ether oxygens (including phenoxy) is 1. The van der Waals surface area contributed by atoms with Crippen LogP contribution in [0.2, 0.25) is 0 Å². The van der Waals surface area contributed by atoms with Crippen LogP contribution in [-0.2, 0) is 20.7 Å². The number of nitrogens with one attached hydrogen (secondary N) is 2. The molecule has 4 atom stereocenters. The van der Waals surface area contributed by atoms with Crippen LogP contribution in [0.4, 0.5) is 4.79 Å². The molecule has 4 N–H and O–H groups in total. The molecule has 1 aliphatic rings. The van der Waals surface area contributed by atoms with Crippen molar-refractivity contribution in [2.75, 3.05) is 6.54 Å². The molecule has 9 nitrogen and oxygen atoms in total. The lowest BCUT2D eigenvalue weighted by atomic mass is 9.99. The average molecular weight is 554 g/mol. The predicted octanol–water partition coefficient (Wildman–Crippen LogP) is 4.82. The number of nitrogens with zero attached hydrogens (tertiary/aromatic N) is 1. The summed E-state index contributed by atoms with van der Waals surface area (Å²) in [5.41, 5.74) is 0.522. The molecule has 2 aromatic carbocycles. The Hall–Kier alpha value is -3.75. The van der Waals surface area contributed by atoms with Gasteiger partial charge in [-0.2, -0.15) is 0 Å². The summed E-state index contributed by atoms with van der Waals surface area (Å²) in [4.78, 5) is 42.5. The van der Waals surface area contributed by atoms with Crippen molar-refractivity contribution >= 4 is 17.9 Å². The highest BCUT2D eigenvalue weighted by molar-refractivity contribution is 5.92. The number of alkyl carbamates (subject to hydrolysis) is 1. The van der Waals surface area contributed by atoms with Crippen LogP contribution in [0.5, 0.6) is 11.5 Å². The van der Waals surface area contributed by atoms with Crippen molar-refractivity contribution in [2.45, 2.75) is 90.4 Å². The lowest BCUT2D eigenvalue weighted by Crippen LogP contribution is -2.54. The molecule has 1 aliphatic carbocycles. The molecule has 3 amide bonds. The molecule has 0 bridgehead atoms. The normalized spacial score (nSPS) is 17.8. The maximum absolute atomic E-state index is 14.4. The molecule has 0 spiro atoms. The van der Waals surface area contributed by atoms with E-state index in [-0.39, 0.29) is 35.8 Å². The molecular formula is C31H43N3O6.